The summed E-state index contributed by atoms with van der Waals surface area (Å²) in [6.07, 6.45) is -0.556. The predicted molar refractivity (Wildman–Crippen MR) is 69.6 cm³/mol. The number of nitriles is 1. The molecule has 1 aromatic carbocycles. The summed E-state index contributed by atoms with van der Waals surface area (Å²) in [6, 6.07) is 2.63. The first-order chi connectivity index (χ1) is 10.5. The minimum Gasteiger partial charge on any atom is -0.486 e. The summed E-state index contributed by atoms with van der Waals surface area (Å²) in [5, 5.41) is 32.8. The summed E-state index contributed by atoms with van der Waals surface area (Å²) in [5.41, 5.74) is -2.27. The minimum atomic E-state index is -1.00. The average Bonchev–Trinajstić information content (AvgIpc) is 2.45. The number of nitro groups is 2. The van der Waals surface area contributed by atoms with Crippen molar-refractivity contribution in [1.29, 1.82) is 5.26 Å². The van der Waals surface area contributed by atoms with Crippen LogP contribution in [0.3, 0.4) is 0 Å². The number of nitro benzene ring substituents is 2. The monoisotopic (exact) mass is 308 g/mol. The number of nitrogens with zero attached hydrogens (tertiary/aromatic N) is 3. The fourth-order valence-electron chi connectivity index (χ4n) is 1.87. The molecule has 2 rings (SSSR count). The fraction of sp³-hybridized carbons (Fsp3) is 0.273. The van der Waals surface area contributed by atoms with Gasteiger partial charge in [0.2, 0.25) is 11.7 Å². The number of fused-ring (bicyclic) bond motifs is 1. The molecule has 0 aromatic heterocycles. The molecule has 0 radical (unpaired) electrons. The van der Waals surface area contributed by atoms with Gasteiger partial charge in [0.05, 0.1) is 15.9 Å². The lowest BCUT2D eigenvalue weighted by atomic mass is 10.1. The van der Waals surface area contributed by atoms with Crippen LogP contribution in [-0.2, 0) is 4.79 Å². The van der Waals surface area contributed by atoms with Crippen LogP contribution in [0.4, 0.5) is 17.1 Å². The van der Waals surface area contributed by atoms with E-state index in [1.54, 1.807) is 6.07 Å². The van der Waals surface area contributed by atoms with Crippen LogP contribution >= 0.6 is 0 Å². The molecule has 0 aliphatic carbocycles. The Hall–Kier alpha value is -3.42. The molecule has 0 spiro atoms. The van der Waals surface area contributed by atoms with Gasteiger partial charge in [-0.1, -0.05) is 0 Å². The molecule has 1 aromatic rings. The van der Waals surface area contributed by atoms with Crippen LogP contribution in [0.15, 0.2) is 6.07 Å². The Morgan fingerprint density at radius 2 is 1.91 bits per heavy atom. The van der Waals surface area contributed by atoms with Crippen LogP contribution in [0.5, 0.6) is 11.5 Å². The first-order valence-electron chi connectivity index (χ1n) is 5.88. The van der Waals surface area contributed by atoms with Gasteiger partial charge >= 0.3 is 11.4 Å². The van der Waals surface area contributed by atoms with Crippen molar-refractivity contribution in [2.45, 2.75) is 6.42 Å². The molecule has 0 atom stereocenters. The number of amides is 1. The average molecular weight is 308 g/mol. The first kappa shape index (κ1) is 15.0. The quantitative estimate of drug-likeness (QED) is 0.640. The van der Waals surface area contributed by atoms with Crippen molar-refractivity contribution >= 4 is 23.0 Å². The Balaban J connectivity index is 2.64. The Morgan fingerprint density at radius 1 is 1.27 bits per heavy atom. The largest absolute Gasteiger partial charge is 0.486 e. The van der Waals surface area contributed by atoms with E-state index in [1.165, 1.54) is 0 Å². The van der Waals surface area contributed by atoms with Crippen LogP contribution in [0.25, 0.3) is 0 Å². The lowest BCUT2D eigenvalue weighted by molar-refractivity contribution is -0.422. The van der Waals surface area contributed by atoms with Crippen LogP contribution in [-0.4, -0.2) is 29.0 Å². The van der Waals surface area contributed by atoms with E-state index in [9.17, 15) is 25.0 Å². The Morgan fingerprint density at radius 3 is 2.50 bits per heavy atom. The third-order valence-corrected chi connectivity index (χ3v) is 2.66. The second kappa shape index (κ2) is 5.92. The molecule has 0 unspecified atom stereocenters. The highest BCUT2D eigenvalue weighted by atomic mass is 16.6. The SMILES string of the molecule is N#CCC(=O)Nc1cc2c(c([N+](=O)[O-])c1[N+](=O)[O-])OCCO2. The highest BCUT2D eigenvalue weighted by molar-refractivity contribution is 5.97. The maximum atomic E-state index is 11.4. The van der Waals surface area contributed by atoms with E-state index < -0.39 is 39.2 Å². The molecular formula is C11H8N4O7. The summed E-state index contributed by atoms with van der Waals surface area (Å²) in [4.78, 5) is 31.8. The number of hydrogen-bond acceptors (Lipinski definition) is 8. The van der Waals surface area contributed by atoms with Crippen LogP contribution < -0.4 is 14.8 Å². The predicted octanol–water partition coefficient (Wildman–Crippen LogP) is 1.13. The molecule has 22 heavy (non-hydrogen) atoms. The van der Waals surface area contributed by atoms with E-state index in [-0.39, 0.29) is 24.7 Å². The third-order valence-electron chi connectivity index (χ3n) is 2.66. The van der Waals surface area contributed by atoms with E-state index in [2.05, 4.69) is 5.32 Å². The van der Waals surface area contributed by atoms with Gasteiger partial charge in [-0.15, -0.1) is 0 Å². The maximum Gasteiger partial charge on any atom is 0.393 e. The maximum absolute atomic E-state index is 11.4. The van der Waals surface area contributed by atoms with Gasteiger partial charge in [-0.3, -0.25) is 25.0 Å². The number of nitrogens with one attached hydrogen (secondary N) is 1. The number of hydrogen-bond donors (Lipinski definition) is 1. The molecule has 0 fully saturated rings. The molecule has 0 bridgehead atoms. The van der Waals surface area contributed by atoms with Gasteiger partial charge in [0, 0.05) is 6.07 Å². The summed E-state index contributed by atoms with van der Waals surface area (Å²) in [5.74, 6) is -1.28. The number of carbonyl (C=O) groups is 1. The molecule has 1 aliphatic rings. The zero-order chi connectivity index (χ0) is 16.3. The number of ether oxygens (including phenoxy) is 2. The van der Waals surface area contributed by atoms with Gasteiger partial charge in [-0.05, 0) is 0 Å². The lowest BCUT2D eigenvalue weighted by Gasteiger charge is -2.19. The zero-order valence-electron chi connectivity index (χ0n) is 10.9. The van der Waals surface area contributed by atoms with E-state index >= 15 is 0 Å². The minimum absolute atomic E-state index is 0.00509. The van der Waals surface area contributed by atoms with Gasteiger partial charge < -0.3 is 14.8 Å². The van der Waals surface area contributed by atoms with E-state index in [4.69, 9.17) is 14.7 Å². The third kappa shape index (κ3) is 2.70. The highest BCUT2D eigenvalue weighted by Gasteiger charge is 2.39. The van der Waals surface area contributed by atoms with Gasteiger partial charge in [0.15, 0.2) is 5.75 Å². The molecular weight excluding hydrogens is 300 g/mol. The van der Waals surface area contributed by atoms with E-state index in [0.717, 1.165) is 6.07 Å². The molecule has 1 heterocycles. The van der Waals surface area contributed by atoms with E-state index in [0.29, 0.717) is 0 Å². The standard InChI is InChI=1S/C11H8N4O7/c12-2-1-8(16)13-6-5-7-11(22-4-3-21-7)10(15(19)20)9(6)14(17)18/h5H,1,3-4H2,(H,13,16). The second-order valence-electron chi connectivity index (χ2n) is 4.04. The Bertz CT molecular complexity index is 709. The lowest BCUT2D eigenvalue weighted by Crippen LogP contribution is -2.19. The molecule has 1 N–H and O–H groups in total. The zero-order valence-corrected chi connectivity index (χ0v) is 10.9. The normalized spacial score (nSPS) is 12.1. The molecule has 1 amide bonds. The number of carbonyl (C=O) groups excluding carboxylic acids is 1. The van der Waals surface area contributed by atoms with Crippen LogP contribution in [0.1, 0.15) is 6.42 Å². The van der Waals surface area contributed by atoms with Crippen molar-refractivity contribution in [3.63, 3.8) is 0 Å². The van der Waals surface area contributed by atoms with Crippen molar-refractivity contribution in [1.82, 2.24) is 0 Å². The molecule has 0 saturated carbocycles. The number of anilines is 1. The summed E-state index contributed by atoms with van der Waals surface area (Å²) < 4.78 is 10.2. The van der Waals surface area contributed by atoms with Gasteiger partial charge in [-0.2, -0.15) is 5.26 Å². The summed E-state index contributed by atoms with van der Waals surface area (Å²) in [6.45, 7) is 0.110. The highest BCUT2D eigenvalue weighted by Crippen LogP contribution is 2.49. The van der Waals surface area contributed by atoms with E-state index in [1.807, 2.05) is 0 Å². The smallest absolute Gasteiger partial charge is 0.393 e. The van der Waals surface area contributed by atoms with Gasteiger partial charge in [0.25, 0.3) is 0 Å². The topological polar surface area (TPSA) is 158 Å². The Kier molecular flexibility index (Phi) is 4.03. The molecule has 11 nitrogen and oxygen atoms in total. The van der Waals surface area contributed by atoms with Gasteiger partial charge in [0.1, 0.15) is 25.3 Å². The van der Waals surface area contributed by atoms with Gasteiger partial charge in [-0.25, -0.2) is 0 Å². The number of benzene rings is 1. The number of rotatable bonds is 4. The van der Waals surface area contributed by atoms with Crippen molar-refractivity contribution in [3.8, 4) is 17.6 Å². The molecule has 11 heteroatoms. The Labute approximate surface area is 122 Å². The first-order valence-corrected chi connectivity index (χ1v) is 5.88. The fourth-order valence-corrected chi connectivity index (χ4v) is 1.87. The van der Waals surface area contributed by atoms with Crippen molar-refractivity contribution < 1.29 is 24.1 Å². The second-order valence-corrected chi connectivity index (χ2v) is 4.04. The summed E-state index contributed by atoms with van der Waals surface area (Å²) in [7, 11) is 0. The molecule has 1 aliphatic heterocycles. The molecule has 114 valence electrons. The van der Waals surface area contributed by atoms with Crippen molar-refractivity contribution in [3.05, 3.63) is 26.3 Å². The summed E-state index contributed by atoms with van der Waals surface area (Å²) >= 11 is 0. The van der Waals surface area contributed by atoms with Crippen LogP contribution in [0, 0.1) is 31.6 Å². The van der Waals surface area contributed by atoms with Crippen molar-refractivity contribution in [2.75, 3.05) is 18.5 Å². The van der Waals surface area contributed by atoms with Crippen molar-refractivity contribution in [2.24, 2.45) is 0 Å². The molecule has 0 saturated heterocycles. The van der Waals surface area contributed by atoms with Crippen LogP contribution in [0.2, 0.25) is 0 Å².